The van der Waals surface area contributed by atoms with E-state index in [1.807, 2.05) is 18.2 Å². The van der Waals surface area contributed by atoms with Crippen molar-refractivity contribution in [2.45, 2.75) is 38.3 Å². The van der Waals surface area contributed by atoms with Crippen LogP contribution in [0.3, 0.4) is 0 Å². The molecule has 2 fully saturated rings. The summed E-state index contributed by atoms with van der Waals surface area (Å²) >= 11 is 0. The van der Waals surface area contributed by atoms with E-state index in [1.165, 1.54) is 31.2 Å². The summed E-state index contributed by atoms with van der Waals surface area (Å²) in [5.74, 6) is 2.46. The van der Waals surface area contributed by atoms with Crippen molar-refractivity contribution in [2.75, 3.05) is 20.6 Å². The minimum atomic E-state index is 0. The van der Waals surface area contributed by atoms with E-state index >= 15 is 0 Å². The predicted molar refractivity (Wildman–Crippen MR) is 112 cm³/mol. The Morgan fingerprint density at radius 3 is 2.56 bits per heavy atom. The third kappa shape index (κ3) is 5.59. The number of guanidine groups is 1. The van der Waals surface area contributed by atoms with Crippen molar-refractivity contribution in [2.24, 2.45) is 16.8 Å². The number of carbonyl (C=O) groups is 1. The first kappa shape index (κ1) is 20.0. The fraction of sp³-hybridized carbons (Fsp3) is 0.579. The van der Waals surface area contributed by atoms with Gasteiger partial charge in [-0.05, 0) is 36.7 Å². The van der Waals surface area contributed by atoms with Gasteiger partial charge in [0, 0.05) is 20.1 Å². The van der Waals surface area contributed by atoms with Crippen LogP contribution < -0.4 is 10.6 Å². The molecule has 6 heteroatoms. The standard InChI is InChI=1S/C19H28N4O.HI/c1-23(2)18(24)13-21-19(20-12-14-6-4-3-5-7-14)22-17-11-15-8-9-16(17)10-15;/h3-7,15-17H,8-13H2,1-2H3,(H2,20,21,22);1H. The maximum atomic E-state index is 11.9. The number of carbonyl (C=O) groups excluding carboxylic acids is 1. The second-order valence-electron chi connectivity index (χ2n) is 7.22. The first-order valence-electron chi connectivity index (χ1n) is 8.90. The molecule has 2 aliphatic rings. The Kier molecular flexibility index (Phi) is 7.53. The lowest BCUT2D eigenvalue weighted by Crippen LogP contribution is -2.48. The molecule has 0 radical (unpaired) electrons. The first-order chi connectivity index (χ1) is 11.6. The summed E-state index contributed by atoms with van der Waals surface area (Å²) < 4.78 is 0. The van der Waals surface area contributed by atoms with Crippen LogP contribution in [0.5, 0.6) is 0 Å². The van der Waals surface area contributed by atoms with E-state index in [1.54, 1.807) is 19.0 Å². The van der Waals surface area contributed by atoms with E-state index < -0.39 is 0 Å². The molecule has 0 aliphatic heterocycles. The van der Waals surface area contributed by atoms with Crippen LogP contribution in [0.15, 0.2) is 35.3 Å². The molecule has 1 aromatic rings. The molecule has 3 rings (SSSR count). The lowest BCUT2D eigenvalue weighted by atomic mass is 9.95. The average molecular weight is 456 g/mol. The maximum Gasteiger partial charge on any atom is 0.241 e. The molecule has 0 saturated heterocycles. The number of amides is 1. The molecule has 1 amide bonds. The average Bonchev–Trinajstić information content (AvgIpc) is 3.20. The summed E-state index contributed by atoms with van der Waals surface area (Å²) in [5.41, 5.74) is 1.17. The van der Waals surface area contributed by atoms with Gasteiger partial charge in [0.25, 0.3) is 0 Å². The van der Waals surface area contributed by atoms with Gasteiger partial charge in [-0.1, -0.05) is 36.8 Å². The van der Waals surface area contributed by atoms with Crippen LogP contribution in [0, 0.1) is 11.8 Å². The Morgan fingerprint density at radius 1 is 1.20 bits per heavy atom. The molecule has 3 atom stereocenters. The lowest BCUT2D eigenvalue weighted by Gasteiger charge is -2.25. The summed E-state index contributed by atoms with van der Waals surface area (Å²) in [7, 11) is 3.54. The highest BCUT2D eigenvalue weighted by Crippen LogP contribution is 2.44. The van der Waals surface area contributed by atoms with Crippen molar-refractivity contribution in [3.63, 3.8) is 0 Å². The Balaban J connectivity index is 0.00000225. The largest absolute Gasteiger partial charge is 0.353 e. The highest BCUT2D eigenvalue weighted by atomic mass is 127. The Hall–Kier alpha value is -1.31. The summed E-state index contributed by atoms with van der Waals surface area (Å²) in [6, 6.07) is 10.7. The summed E-state index contributed by atoms with van der Waals surface area (Å²) in [5, 5.41) is 6.79. The number of hydrogen-bond acceptors (Lipinski definition) is 2. The fourth-order valence-electron chi connectivity index (χ4n) is 3.82. The molecule has 2 N–H and O–H groups in total. The molecule has 0 spiro atoms. The monoisotopic (exact) mass is 456 g/mol. The number of nitrogens with one attached hydrogen (secondary N) is 2. The molecule has 0 heterocycles. The van der Waals surface area contributed by atoms with Crippen LogP contribution in [0.4, 0.5) is 0 Å². The van der Waals surface area contributed by atoms with Gasteiger partial charge in [-0.2, -0.15) is 0 Å². The van der Waals surface area contributed by atoms with Gasteiger partial charge >= 0.3 is 0 Å². The number of benzene rings is 1. The van der Waals surface area contributed by atoms with Crippen LogP contribution in [-0.4, -0.2) is 43.4 Å². The number of fused-ring (bicyclic) bond motifs is 2. The molecule has 5 nitrogen and oxygen atoms in total. The zero-order chi connectivity index (χ0) is 16.9. The normalized spacial score (nSPS) is 24.6. The molecule has 3 unspecified atom stereocenters. The van der Waals surface area contributed by atoms with Crippen LogP contribution >= 0.6 is 24.0 Å². The van der Waals surface area contributed by atoms with E-state index in [2.05, 4.69) is 22.8 Å². The van der Waals surface area contributed by atoms with E-state index in [0.29, 0.717) is 12.6 Å². The smallest absolute Gasteiger partial charge is 0.241 e. The summed E-state index contributed by atoms with van der Waals surface area (Å²) in [6.45, 7) is 0.890. The van der Waals surface area contributed by atoms with Crippen LogP contribution in [0.25, 0.3) is 0 Å². The van der Waals surface area contributed by atoms with Crippen molar-refractivity contribution in [3.05, 3.63) is 35.9 Å². The maximum absolute atomic E-state index is 11.9. The fourth-order valence-corrected chi connectivity index (χ4v) is 3.82. The number of rotatable bonds is 5. The van der Waals surface area contributed by atoms with Gasteiger partial charge in [0.2, 0.25) is 5.91 Å². The molecule has 138 valence electrons. The lowest BCUT2D eigenvalue weighted by molar-refractivity contribution is -0.127. The third-order valence-corrected chi connectivity index (χ3v) is 5.23. The zero-order valence-electron chi connectivity index (χ0n) is 15.1. The van der Waals surface area contributed by atoms with Crippen molar-refractivity contribution in [1.29, 1.82) is 0 Å². The van der Waals surface area contributed by atoms with E-state index in [4.69, 9.17) is 4.99 Å². The van der Waals surface area contributed by atoms with Gasteiger partial charge in [-0.3, -0.25) is 4.79 Å². The van der Waals surface area contributed by atoms with Gasteiger partial charge in [-0.15, -0.1) is 24.0 Å². The van der Waals surface area contributed by atoms with Crippen molar-refractivity contribution < 1.29 is 4.79 Å². The highest BCUT2D eigenvalue weighted by Gasteiger charge is 2.39. The van der Waals surface area contributed by atoms with Gasteiger partial charge < -0.3 is 15.5 Å². The summed E-state index contributed by atoms with van der Waals surface area (Å²) in [4.78, 5) is 18.2. The molecule has 2 saturated carbocycles. The van der Waals surface area contributed by atoms with Crippen molar-refractivity contribution in [1.82, 2.24) is 15.5 Å². The minimum absolute atomic E-state index is 0. The Morgan fingerprint density at radius 2 is 1.96 bits per heavy atom. The molecule has 0 aromatic heterocycles. The second-order valence-corrected chi connectivity index (χ2v) is 7.22. The molecule has 1 aromatic carbocycles. The molecule has 2 bridgehead atoms. The molecule has 2 aliphatic carbocycles. The Labute approximate surface area is 167 Å². The topological polar surface area (TPSA) is 56.7 Å². The second kappa shape index (κ2) is 9.40. The van der Waals surface area contributed by atoms with Crippen LogP contribution in [0.1, 0.15) is 31.2 Å². The highest BCUT2D eigenvalue weighted by molar-refractivity contribution is 14.0. The van der Waals surface area contributed by atoms with Crippen LogP contribution in [-0.2, 0) is 11.3 Å². The molecule has 25 heavy (non-hydrogen) atoms. The van der Waals surface area contributed by atoms with Crippen molar-refractivity contribution >= 4 is 35.8 Å². The van der Waals surface area contributed by atoms with Gasteiger partial charge in [0.15, 0.2) is 5.96 Å². The van der Waals surface area contributed by atoms with Crippen LogP contribution in [0.2, 0.25) is 0 Å². The van der Waals surface area contributed by atoms with Gasteiger partial charge in [0.1, 0.15) is 0 Å². The SMILES string of the molecule is CN(C)C(=O)CNC(=NCc1ccccc1)NC1CC2CCC1C2.I. The first-order valence-corrected chi connectivity index (χ1v) is 8.90. The van der Waals surface area contributed by atoms with E-state index in [0.717, 1.165) is 17.8 Å². The van der Waals surface area contributed by atoms with Crippen molar-refractivity contribution in [3.8, 4) is 0 Å². The summed E-state index contributed by atoms with van der Waals surface area (Å²) in [6.07, 6.45) is 5.29. The molecular formula is C19H29IN4O. The number of nitrogens with zero attached hydrogens (tertiary/aromatic N) is 2. The van der Waals surface area contributed by atoms with Gasteiger partial charge in [-0.25, -0.2) is 4.99 Å². The zero-order valence-corrected chi connectivity index (χ0v) is 17.4. The minimum Gasteiger partial charge on any atom is -0.353 e. The number of hydrogen-bond donors (Lipinski definition) is 2. The van der Waals surface area contributed by atoms with E-state index in [9.17, 15) is 4.79 Å². The van der Waals surface area contributed by atoms with Gasteiger partial charge in [0.05, 0.1) is 13.1 Å². The number of halogens is 1. The quantitative estimate of drug-likeness (QED) is 0.407. The number of aliphatic imine (C=N–C) groups is 1. The van der Waals surface area contributed by atoms with E-state index in [-0.39, 0.29) is 36.4 Å². The predicted octanol–water partition coefficient (Wildman–Crippen LogP) is 2.62. The Bertz CT molecular complexity index is 590. The third-order valence-electron chi connectivity index (χ3n) is 5.23. The number of likely N-dealkylation sites (N-methyl/N-ethyl adjacent to an activating group) is 1. The molecular weight excluding hydrogens is 427 g/mol.